The van der Waals surface area contributed by atoms with Crippen molar-refractivity contribution in [1.29, 1.82) is 0 Å². The molecule has 0 rings (SSSR count). The highest BCUT2D eigenvalue weighted by atomic mass is 31.2. The highest BCUT2D eigenvalue weighted by molar-refractivity contribution is 7.47. The predicted molar refractivity (Wildman–Crippen MR) is 257 cm³/mol. The first-order chi connectivity index (χ1) is 29.5. The summed E-state index contributed by atoms with van der Waals surface area (Å²) in [5, 5.41) is 0. The van der Waals surface area contributed by atoms with E-state index in [1.54, 1.807) is 0 Å². The van der Waals surface area contributed by atoms with Crippen LogP contribution in [0.25, 0.3) is 0 Å². The highest BCUT2D eigenvalue weighted by Crippen LogP contribution is 2.43. The summed E-state index contributed by atoms with van der Waals surface area (Å²) in [6.45, 7) is 4.43. The van der Waals surface area contributed by atoms with Crippen LogP contribution in [0.15, 0.2) is 24.3 Å². The van der Waals surface area contributed by atoms with E-state index in [2.05, 4.69) is 38.2 Å². The van der Waals surface area contributed by atoms with Crippen LogP contribution in [0.5, 0.6) is 0 Å². The van der Waals surface area contributed by atoms with Gasteiger partial charge in [-0.1, -0.05) is 205 Å². The molecule has 10 heteroatoms. The molecule has 9 nitrogen and oxygen atoms in total. The van der Waals surface area contributed by atoms with Crippen molar-refractivity contribution in [3.05, 3.63) is 24.3 Å². The van der Waals surface area contributed by atoms with E-state index in [1.807, 2.05) is 21.1 Å². The van der Waals surface area contributed by atoms with Crippen LogP contribution in [-0.4, -0.2) is 74.9 Å². The molecule has 0 radical (unpaired) electrons. The number of hydrogen-bond acceptors (Lipinski definition) is 7. The summed E-state index contributed by atoms with van der Waals surface area (Å²) in [4.78, 5) is 35.5. The maximum Gasteiger partial charge on any atom is 0.472 e. The lowest BCUT2D eigenvalue weighted by molar-refractivity contribution is -0.870. The number of allylic oxidation sites excluding steroid dienone is 4. The van der Waals surface area contributed by atoms with Gasteiger partial charge >= 0.3 is 19.8 Å². The topological polar surface area (TPSA) is 108 Å². The van der Waals surface area contributed by atoms with Gasteiger partial charge in [0.05, 0.1) is 27.7 Å². The number of likely N-dealkylation sites (N-methyl/N-ethyl adjacent to an activating group) is 1. The van der Waals surface area contributed by atoms with Gasteiger partial charge in [0.2, 0.25) is 0 Å². The molecule has 0 saturated carbocycles. The van der Waals surface area contributed by atoms with Crippen LogP contribution in [0.2, 0.25) is 0 Å². The SMILES string of the molecule is CCCCC/C=C/C/C=C/CCCCCCCCCC(=O)O[C@H](COC(=O)CCCCCCCCCCCCCCCCCCCCCC)COP(=O)(O)OCC[N+](C)(C)C. The second kappa shape index (κ2) is 43.7. The van der Waals surface area contributed by atoms with Gasteiger partial charge in [0.1, 0.15) is 19.8 Å². The molecule has 1 N–H and O–H groups in total. The first-order valence-corrected chi connectivity index (χ1v) is 27.1. The van der Waals surface area contributed by atoms with Crippen LogP contribution in [0.3, 0.4) is 0 Å². The Labute approximate surface area is 377 Å². The zero-order chi connectivity index (χ0) is 45.0. The van der Waals surface area contributed by atoms with E-state index in [-0.39, 0.29) is 25.6 Å². The van der Waals surface area contributed by atoms with Crippen LogP contribution in [0.4, 0.5) is 0 Å². The molecule has 0 aliphatic carbocycles. The second-order valence-electron chi connectivity index (χ2n) is 18.6. The third kappa shape index (κ3) is 47.8. The summed E-state index contributed by atoms with van der Waals surface area (Å²) >= 11 is 0. The van der Waals surface area contributed by atoms with Crippen molar-refractivity contribution >= 4 is 19.8 Å². The maximum absolute atomic E-state index is 12.7. The zero-order valence-corrected chi connectivity index (χ0v) is 41.6. The van der Waals surface area contributed by atoms with Gasteiger partial charge in [-0.3, -0.25) is 18.6 Å². The van der Waals surface area contributed by atoms with Gasteiger partial charge < -0.3 is 18.9 Å². The van der Waals surface area contributed by atoms with Gasteiger partial charge in [0, 0.05) is 12.8 Å². The van der Waals surface area contributed by atoms with Crippen molar-refractivity contribution in [2.45, 2.75) is 245 Å². The number of phosphoric ester groups is 1. The summed E-state index contributed by atoms with van der Waals surface area (Å²) < 4.78 is 34.4. The number of hydrogen-bond donors (Lipinski definition) is 1. The summed E-state index contributed by atoms with van der Waals surface area (Å²) in [5.41, 5.74) is 0. The van der Waals surface area contributed by atoms with E-state index in [9.17, 15) is 19.0 Å². The molecular weight excluding hydrogens is 786 g/mol. The molecule has 61 heavy (non-hydrogen) atoms. The van der Waals surface area contributed by atoms with Gasteiger partial charge in [0.25, 0.3) is 0 Å². The predicted octanol–water partition coefficient (Wildman–Crippen LogP) is 15.1. The molecule has 1 unspecified atom stereocenters. The van der Waals surface area contributed by atoms with Gasteiger partial charge in [-0.15, -0.1) is 0 Å². The quantitative estimate of drug-likeness (QED) is 0.0212. The number of rotatable bonds is 47. The van der Waals surface area contributed by atoms with E-state index >= 15 is 0 Å². The molecule has 0 heterocycles. The largest absolute Gasteiger partial charge is 0.472 e. The Morgan fingerprint density at radius 3 is 1.33 bits per heavy atom. The van der Waals surface area contributed by atoms with Gasteiger partial charge in [-0.05, 0) is 44.9 Å². The monoisotopic (exact) mass is 885 g/mol. The Bertz CT molecular complexity index is 1090. The maximum atomic E-state index is 12.7. The van der Waals surface area contributed by atoms with E-state index in [1.165, 1.54) is 154 Å². The Morgan fingerprint density at radius 2 is 0.885 bits per heavy atom. The zero-order valence-electron chi connectivity index (χ0n) is 40.7. The number of nitrogens with zero attached hydrogens (tertiary/aromatic N) is 1. The minimum atomic E-state index is -4.38. The molecule has 0 fully saturated rings. The van der Waals surface area contributed by atoms with E-state index in [4.69, 9.17) is 18.5 Å². The summed E-state index contributed by atoms with van der Waals surface area (Å²) in [5.74, 6) is -0.795. The lowest BCUT2D eigenvalue weighted by atomic mass is 10.0. The molecule has 0 aromatic rings. The van der Waals surface area contributed by atoms with E-state index in [0.717, 1.165) is 51.4 Å². The van der Waals surface area contributed by atoms with Gasteiger partial charge in [-0.25, -0.2) is 4.57 Å². The van der Waals surface area contributed by atoms with Crippen molar-refractivity contribution in [2.24, 2.45) is 0 Å². The van der Waals surface area contributed by atoms with Crippen molar-refractivity contribution < 1.29 is 42.1 Å². The molecule has 0 saturated heterocycles. The number of ether oxygens (including phenoxy) is 2. The lowest BCUT2D eigenvalue weighted by Gasteiger charge is -2.24. The first kappa shape index (κ1) is 59.5. The fourth-order valence-corrected chi connectivity index (χ4v) is 7.96. The third-order valence-electron chi connectivity index (χ3n) is 11.2. The molecular formula is C51H99NO8P+. The fraction of sp³-hybridized carbons (Fsp3) is 0.882. The standard InChI is InChI=1S/C51H98NO8P/c1-6-8-10-12-14-16-18-20-22-24-25-26-28-29-31-33-35-37-39-41-43-50(53)57-47-49(48-59-61(55,56)58-46-45-52(3,4)5)60-51(54)44-42-40-38-36-34-32-30-27-23-21-19-17-15-13-11-9-7-2/h15,17,21,23,49H,6-14,16,18-20,22,24-48H2,1-5H3/p+1/b17-15+,23-21+/t49-/m1/s1. The smallest absolute Gasteiger partial charge is 0.462 e. The minimum absolute atomic E-state index is 0.0321. The van der Waals surface area contributed by atoms with Crippen LogP contribution in [-0.2, 0) is 32.7 Å². The lowest BCUT2D eigenvalue weighted by Crippen LogP contribution is -2.37. The molecule has 0 amide bonds. The molecule has 0 aliphatic heterocycles. The molecule has 0 bridgehead atoms. The highest BCUT2D eigenvalue weighted by Gasteiger charge is 2.27. The first-order valence-electron chi connectivity index (χ1n) is 25.6. The Kier molecular flexibility index (Phi) is 42.6. The van der Waals surface area contributed by atoms with Gasteiger partial charge in [0.15, 0.2) is 6.10 Å². The third-order valence-corrected chi connectivity index (χ3v) is 12.2. The molecule has 360 valence electrons. The molecule has 0 aromatic carbocycles. The molecule has 0 spiro atoms. The number of carbonyl (C=O) groups excluding carboxylic acids is 2. The molecule has 2 atom stereocenters. The number of quaternary nitrogens is 1. The van der Waals surface area contributed by atoms with Crippen LogP contribution in [0.1, 0.15) is 239 Å². The normalized spacial score (nSPS) is 13.6. The average molecular weight is 885 g/mol. The van der Waals surface area contributed by atoms with Crippen LogP contribution in [0, 0.1) is 0 Å². The summed E-state index contributed by atoms with van der Waals surface area (Å²) in [7, 11) is 1.48. The molecule has 0 aliphatic rings. The Balaban J connectivity index is 4.23. The average Bonchev–Trinajstić information content (AvgIpc) is 3.21. The summed E-state index contributed by atoms with van der Waals surface area (Å²) in [6.07, 6.45) is 49.4. The fourth-order valence-electron chi connectivity index (χ4n) is 7.22. The van der Waals surface area contributed by atoms with Crippen LogP contribution >= 0.6 is 7.82 Å². The second-order valence-corrected chi connectivity index (χ2v) is 20.0. The minimum Gasteiger partial charge on any atom is -0.462 e. The van der Waals surface area contributed by atoms with Crippen molar-refractivity contribution in [3.8, 4) is 0 Å². The number of esters is 2. The van der Waals surface area contributed by atoms with Crippen LogP contribution < -0.4 is 0 Å². The van der Waals surface area contributed by atoms with E-state index < -0.39 is 26.5 Å². The number of unbranched alkanes of at least 4 members (excludes halogenated alkanes) is 29. The molecule has 0 aromatic heterocycles. The van der Waals surface area contributed by atoms with Crippen molar-refractivity contribution in [2.75, 3.05) is 47.5 Å². The summed E-state index contributed by atoms with van der Waals surface area (Å²) in [6, 6.07) is 0. The number of phosphoric acid groups is 1. The van der Waals surface area contributed by atoms with Crippen molar-refractivity contribution in [3.63, 3.8) is 0 Å². The van der Waals surface area contributed by atoms with E-state index in [0.29, 0.717) is 23.9 Å². The Morgan fingerprint density at radius 1 is 0.508 bits per heavy atom. The number of carbonyl (C=O) groups is 2. The Hall–Kier alpha value is -1.51. The van der Waals surface area contributed by atoms with Crippen molar-refractivity contribution in [1.82, 2.24) is 0 Å². The van der Waals surface area contributed by atoms with Gasteiger partial charge in [-0.2, -0.15) is 0 Å².